The highest BCUT2D eigenvalue weighted by Crippen LogP contribution is 2.28. The molecule has 0 aromatic carbocycles. The molecule has 0 saturated heterocycles. The topological polar surface area (TPSA) is 188 Å². The first-order valence-corrected chi connectivity index (χ1v) is 8.02. The molecule has 0 rings (SSSR count). The zero-order valence-corrected chi connectivity index (χ0v) is 16.0. The van der Waals surface area contributed by atoms with Crippen molar-refractivity contribution in [3.05, 3.63) is 20.2 Å². The molecule has 0 aromatic rings. The molecular formula is C13H21N3O10S. The van der Waals surface area contributed by atoms with Crippen LogP contribution >= 0.6 is 12.6 Å². The van der Waals surface area contributed by atoms with Gasteiger partial charge in [-0.25, -0.2) is 4.79 Å². The molecule has 154 valence electrons. The molecule has 0 fully saturated rings. The molecule has 0 aliphatic rings. The van der Waals surface area contributed by atoms with E-state index in [4.69, 9.17) is 0 Å². The SMILES string of the molecule is CC(C)(CO[N+](=O)[O-])C(=O)N[C@@](CS)(C(=O)O)C(=O)C(C)(C)CO[N+](=O)[O-]. The number of carbonyl (C=O) groups excluding carboxylic acids is 2. The van der Waals surface area contributed by atoms with E-state index in [2.05, 4.69) is 22.3 Å². The summed E-state index contributed by atoms with van der Waals surface area (Å²) in [5.74, 6) is -4.56. The summed E-state index contributed by atoms with van der Waals surface area (Å²) in [4.78, 5) is 66.0. The van der Waals surface area contributed by atoms with Gasteiger partial charge in [0.2, 0.25) is 11.4 Å². The summed E-state index contributed by atoms with van der Waals surface area (Å²) in [5, 5.41) is 30.0. The monoisotopic (exact) mass is 411 g/mol. The first-order chi connectivity index (χ1) is 12.1. The maximum Gasteiger partial charge on any atom is 0.338 e. The zero-order chi connectivity index (χ0) is 21.6. The van der Waals surface area contributed by atoms with Crippen LogP contribution in [0.3, 0.4) is 0 Å². The van der Waals surface area contributed by atoms with Crippen LogP contribution in [0.1, 0.15) is 27.7 Å². The van der Waals surface area contributed by atoms with Gasteiger partial charge in [0.15, 0.2) is 5.78 Å². The first-order valence-electron chi connectivity index (χ1n) is 7.39. The minimum absolute atomic E-state index is 0.680. The van der Waals surface area contributed by atoms with E-state index in [9.17, 15) is 39.7 Å². The number of hydrogen-bond acceptors (Lipinski definition) is 10. The van der Waals surface area contributed by atoms with Gasteiger partial charge in [0, 0.05) is 5.75 Å². The third-order valence-electron chi connectivity index (χ3n) is 3.61. The van der Waals surface area contributed by atoms with Crippen LogP contribution < -0.4 is 5.32 Å². The number of nitrogens with one attached hydrogen (secondary N) is 1. The van der Waals surface area contributed by atoms with Gasteiger partial charge >= 0.3 is 5.97 Å². The molecule has 27 heavy (non-hydrogen) atoms. The van der Waals surface area contributed by atoms with Crippen molar-refractivity contribution in [2.75, 3.05) is 19.0 Å². The molecular weight excluding hydrogens is 390 g/mol. The summed E-state index contributed by atoms with van der Waals surface area (Å²) in [5.41, 5.74) is -5.79. The van der Waals surface area contributed by atoms with Gasteiger partial charge in [-0.3, -0.25) is 9.59 Å². The van der Waals surface area contributed by atoms with E-state index in [-0.39, 0.29) is 0 Å². The summed E-state index contributed by atoms with van der Waals surface area (Å²) < 4.78 is 0. The number of nitrogens with zero attached hydrogens (tertiary/aromatic N) is 2. The van der Waals surface area contributed by atoms with Gasteiger partial charge in [0.1, 0.15) is 13.2 Å². The molecule has 0 aromatic heterocycles. The average molecular weight is 411 g/mol. The van der Waals surface area contributed by atoms with E-state index in [0.29, 0.717) is 0 Å². The van der Waals surface area contributed by atoms with Crippen molar-refractivity contribution in [2.24, 2.45) is 10.8 Å². The Bertz CT molecular complexity index is 636. The molecule has 0 spiro atoms. The Morgan fingerprint density at radius 2 is 1.41 bits per heavy atom. The zero-order valence-electron chi connectivity index (χ0n) is 15.1. The number of carboxylic acids is 1. The highest BCUT2D eigenvalue weighted by Gasteiger charge is 2.53. The molecule has 0 saturated carbocycles. The molecule has 2 N–H and O–H groups in total. The van der Waals surface area contributed by atoms with Crippen LogP contribution in [-0.4, -0.2) is 57.4 Å². The van der Waals surface area contributed by atoms with Gasteiger partial charge in [-0.05, 0) is 13.8 Å². The molecule has 0 radical (unpaired) electrons. The lowest BCUT2D eigenvalue weighted by Gasteiger charge is -2.36. The Hall–Kier alpha value is -2.64. The molecule has 0 unspecified atom stereocenters. The Labute approximate surface area is 159 Å². The number of thiol groups is 1. The molecule has 13 nitrogen and oxygen atoms in total. The van der Waals surface area contributed by atoms with Crippen LogP contribution in [0.4, 0.5) is 0 Å². The maximum atomic E-state index is 12.8. The quantitative estimate of drug-likeness (QED) is 0.169. The van der Waals surface area contributed by atoms with E-state index >= 15 is 0 Å². The van der Waals surface area contributed by atoms with E-state index in [1.165, 1.54) is 27.7 Å². The van der Waals surface area contributed by atoms with E-state index < -0.39 is 63.2 Å². The summed E-state index contributed by atoms with van der Waals surface area (Å²) in [7, 11) is 0. The molecule has 14 heteroatoms. The third kappa shape index (κ3) is 6.23. The molecule has 1 atom stereocenters. The van der Waals surface area contributed by atoms with Crippen LogP contribution in [0.5, 0.6) is 0 Å². The Morgan fingerprint density at radius 1 is 1.00 bits per heavy atom. The highest BCUT2D eigenvalue weighted by molar-refractivity contribution is 7.80. The first kappa shape index (κ1) is 24.4. The Kier molecular flexibility index (Phi) is 7.97. The molecule has 0 heterocycles. The molecule has 0 aliphatic heterocycles. The number of rotatable bonds is 12. The molecule has 1 amide bonds. The van der Waals surface area contributed by atoms with E-state index in [0.717, 1.165) is 0 Å². The van der Waals surface area contributed by atoms with Gasteiger partial charge < -0.3 is 20.1 Å². The van der Waals surface area contributed by atoms with Gasteiger partial charge in [0.25, 0.3) is 10.2 Å². The van der Waals surface area contributed by atoms with Crippen LogP contribution in [-0.2, 0) is 24.1 Å². The van der Waals surface area contributed by atoms with Gasteiger partial charge in [-0.2, -0.15) is 12.6 Å². The predicted octanol–water partition coefficient (Wildman–Crippen LogP) is -0.106. The normalized spacial score (nSPS) is 13.8. The summed E-state index contributed by atoms with van der Waals surface area (Å²) in [6.07, 6.45) is 0. The average Bonchev–Trinajstić information content (AvgIpc) is 2.55. The number of carboxylic acid groups (broad SMARTS) is 1. The van der Waals surface area contributed by atoms with Gasteiger partial charge in [-0.15, -0.1) is 20.2 Å². The number of amides is 1. The number of hydrogen-bond donors (Lipinski definition) is 3. The minimum atomic E-state index is -2.55. The van der Waals surface area contributed by atoms with Crippen molar-refractivity contribution in [1.82, 2.24) is 5.32 Å². The molecule has 0 aliphatic carbocycles. The maximum absolute atomic E-state index is 12.8. The van der Waals surface area contributed by atoms with Crippen LogP contribution in [0.15, 0.2) is 0 Å². The van der Waals surface area contributed by atoms with Crippen LogP contribution in [0.25, 0.3) is 0 Å². The second kappa shape index (κ2) is 8.83. The van der Waals surface area contributed by atoms with Crippen molar-refractivity contribution < 1.29 is 39.3 Å². The molecule has 0 bridgehead atoms. The lowest BCUT2D eigenvalue weighted by atomic mass is 9.77. The summed E-state index contributed by atoms with van der Waals surface area (Å²) >= 11 is 3.85. The van der Waals surface area contributed by atoms with Crippen molar-refractivity contribution in [3.63, 3.8) is 0 Å². The second-order valence-corrected chi connectivity index (χ2v) is 7.23. The van der Waals surface area contributed by atoms with Crippen molar-refractivity contribution in [1.29, 1.82) is 0 Å². The fraction of sp³-hybridized carbons (Fsp3) is 0.769. The van der Waals surface area contributed by atoms with E-state index in [1.54, 1.807) is 0 Å². The number of Topliss-reactive ketones (excluding diaryl/α,β-unsaturated/α-hetero) is 1. The standard InChI is InChI=1S/C13H21N3O10S/c1-11(2,5-25-15(21)22)8(17)13(7-27,10(19)20)14-9(18)12(3,4)6-26-16(23)24/h27H,5-7H2,1-4H3,(H,14,18)(H,19,20)/t13-/m1/s1. The lowest BCUT2D eigenvalue weighted by molar-refractivity contribution is -0.760. The fourth-order valence-electron chi connectivity index (χ4n) is 1.89. The highest BCUT2D eigenvalue weighted by atomic mass is 32.1. The van der Waals surface area contributed by atoms with Crippen LogP contribution in [0.2, 0.25) is 0 Å². The van der Waals surface area contributed by atoms with Crippen molar-refractivity contribution >= 4 is 30.3 Å². The summed E-state index contributed by atoms with van der Waals surface area (Å²) in [6.45, 7) is 3.42. The van der Waals surface area contributed by atoms with Crippen LogP contribution in [0, 0.1) is 31.1 Å². The fourth-order valence-corrected chi connectivity index (χ4v) is 2.24. The number of ketones is 1. The number of carbonyl (C=O) groups is 3. The van der Waals surface area contributed by atoms with Gasteiger partial charge in [0.05, 0.1) is 10.8 Å². The Balaban J connectivity index is 5.73. The Morgan fingerprint density at radius 3 is 1.74 bits per heavy atom. The predicted molar refractivity (Wildman–Crippen MR) is 90.8 cm³/mol. The number of aliphatic carboxylic acids is 1. The summed E-state index contributed by atoms with van der Waals surface area (Å²) in [6, 6.07) is 0. The van der Waals surface area contributed by atoms with Crippen molar-refractivity contribution in [2.45, 2.75) is 33.2 Å². The van der Waals surface area contributed by atoms with Gasteiger partial charge in [-0.1, -0.05) is 13.8 Å². The largest absolute Gasteiger partial charge is 0.479 e. The lowest BCUT2D eigenvalue weighted by Crippen LogP contribution is -2.67. The smallest absolute Gasteiger partial charge is 0.338 e. The minimum Gasteiger partial charge on any atom is -0.479 e. The second-order valence-electron chi connectivity index (χ2n) is 6.91. The van der Waals surface area contributed by atoms with Crippen molar-refractivity contribution in [3.8, 4) is 0 Å². The third-order valence-corrected chi connectivity index (χ3v) is 4.08. The van der Waals surface area contributed by atoms with E-state index in [1.807, 2.05) is 5.32 Å².